The van der Waals surface area contributed by atoms with Gasteiger partial charge in [0.2, 0.25) is 5.88 Å². The lowest BCUT2D eigenvalue weighted by molar-refractivity contribution is -0.146. The number of amides is 1. The molecule has 29 heavy (non-hydrogen) atoms. The van der Waals surface area contributed by atoms with Crippen LogP contribution in [0.25, 0.3) is 22.0 Å². The quantitative estimate of drug-likeness (QED) is 0.589. The molecule has 3 N–H and O–H groups in total. The van der Waals surface area contributed by atoms with Gasteiger partial charge in [-0.3, -0.25) is 9.59 Å². The lowest BCUT2D eigenvalue weighted by atomic mass is 9.93. The minimum Gasteiger partial charge on any atom is -0.507 e. The topological polar surface area (TPSA) is 114 Å². The number of rotatable bonds is 6. The summed E-state index contributed by atoms with van der Waals surface area (Å²) in [6, 6.07) is 6.58. The first-order valence-corrected chi connectivity index (χ1v) is 8.98. The van der Waals surface area contributed by atoms with Crippen LogP contribution < -0.4 is 10.1 Å². The molecular weight excluding hydrogens is 374 g/mol. The smallest absolute Gasteiger partial charge is 0.310 e. The number of carboxylic acid groups (broad SMARTS) is 1. The first-order valence-electron chi connectivity index (χ1n) is 8.98. The van der Waals surface area contributed by atoms with E-state index in [1.165, 1.54) is 26.0 Å². The van der Waals surface area contributed by atoms with Crippen LogP contribution in [-0.4, -0.2) is 45.3 Å². The summed E-state index contributed by atoms with van der Waals surface area (Å²) in [7, 11) is 3.44. The van der Waals surface area contributed by atoms with Gasteiger partial charge in [-0.15, -0.1) is 0 Å². The number of aromatic nitrogens is 2. The highest BCUT2D eigenvalue weighted by atomic mass is 16.5. The van der Waals surface area contributed by atoms with Crippen molar-refractivity contribution in [1.82, 2.24) is 14.9 Å². The van der Waals surface area contributed by atoms with Crippen LogP contribution in [0.5, 0.6) is 11.6 Å². The summed E-state index contributed by atoms with van der Waals surface area (Å²) < 4.78 is 7.12. The molecule has 8 heteroatoms. The third-order valence-electron chi connectivity index (χ3n) is 4.88. The predicted octanol–water partition coefficient (Wildman–Crippen LogP) is 2.80. The third kappa shape index (κ3) is 3.87. The van der Waals surface area contributed by atoms with Gasteiger partial charge < -0.3 is 24.8 Å². The van der Waals surface area contributed by atoms with Crippen LogP contribution in [0.15, 0.2) is 36.7 Å². The van der Waals surface area contributed by atoms with Crippen molar-refractivity contribution in [2.24, 2.45) is 12.5 Å². The van der Waals surface area contributed by atoms with Crippen LogP contribution >= 0.6 is 0 Å². The van der Waals surface area contributed by atoms with Crippen molar-refractivity contribution in [3.05, 3.63) is 42.2 Å². The zero-order valence-corrected chi connectivity index (χ0v) is 16.7. The van der Waals surface area contributed by atoms with Gasteiger partial charge in [-0.05, 0) is 31.5 Å². The first-order chi connectivity index (χ1) is 13.6. The number of benzene rings is 1. The van der Waals surface area contributed by atoms with E-state index in [0.29, 0.717) is 5.88 Å². The summed E-state index contributed by atoms with van der Waals surface area (Å²) in [6.45, 7) is 2.98. The molecule has 0 aliphatic rings. The maximum atomic E-state index is 12.4. The van der Waals surface area contributed by atoms with Gasteiger partial charge in [0.25, 0.3) is 5.91 Å². The van der Waals surface area contributed by atoms with Crippen molar-refractivity contribution in [1.29, 1.82) is 0 Å². The number of ether oxygens (including phenoxy) is 1. The van der Waals surface area contributed by atoms with Crippen LogP contribution in [0.1, 0.15) is 24.2 Å². The largest absolute Gasteiger partial charge is 0.507 e. The number of hydrogen-bond acceptors (Lipinski definition) is 5. The molecule has 0 radical (unpaired) electrons. The number of aliphatic carboxylic acids is 1. The van der Waals surface area contributed by atoms with Gasteiger partial charge >= 0.3 is 5.97 Å². The highest BCUT2D eigenvalue weighted by Gasteiger charge is 2.28. The van der Waals surface area contributed by atoms with Crippen LogP contribution in [0.4, 0.5) is 0 Å². The molecule has 8 nitrogen and oxygen atoms in total. The number of carbonyl (C=O) groups excluding carboxylic acids is 1. The fourth-order valence-corrected chi connectivity index (χ4v) is 2.96. The Morgan fingerprint density at radius 3 is 2.62 bits per heavy atom. The van der Waals surface area contributed by atoms with E-state index in [4.69, 9.17) is 9.84 Å². The average Bonchev–Trinajstić information content (AvgIpc) is 3.02. The summed E-state index contributed by atoms with van der Waals surface area (Å²) in [6.07, 6.45) is 3.62. The van der Waals surface area contributed by atoms with Crippen molar-refractivity contribution in [3.63, 3.8) is 0 Å². The molecule has 152 valence electrons. The molecule has 0 aliphatic carbocycles. The number of phenolic OH excluding ortho intramolecular Hbond substituents is 1. The summed E-state index contributed by atoms with van der Waals surface area (Å²) in [4.78, 5) is 27.8. The second-order valence-corrected chi connectivity index (χ2v) is 7.50. The van der Waals surface area contributed by atoms with E-state index in [-0.39, 0.29) is 17.9 Å². The van der Waals surface area contributed by atoms with Gasteiger partial charge in [0.05, 0.1) is 29.8 Å². The third-order valence-corrected chi connectivity index (χ3v) is 4.88. The summed E-state index contributed by atoms with van der Waals surface area (Å²) in [5.41, 5.74) is 1.45. The number of fused-ring (bicyclic) bond motifs is 1. The molecule has 2 aromatic heterocycles. The van der Waals surface area contributed by atoms with Crippen LogP contribution in [0.3, 0.4) is 0 Å². The SMILES string of the molecule is COc1cc2c(-c3ccc(C(=O)NCC(C)(C)C(=O)O)c(O)c3)cn(C)c2cn1. The molecule has 0 fully saturated rings. The number of nitrogens with zero attached hydrogens (tertiary/aromatic N) is 2. The first kappa shape index (κ1) is 20.2. The Bertz CT molecular complexity index is 1100. The highest BCUT2D eigenvalue weighted by molar-refractivity contribution is 6.00. The minimum atomic E-state index is -1.11. The monoisotopic (exact) mass is 397 g/mol. The zero-order chi connectivity index (χ0) is 21.3. The van der Waals surface area contributed by atoms with Crippen LogP contribution in [0, 0.1) is 5.41 Å². The average molecular weight is 397 g/mol. The number of aromatic hydroxyl groups is 1. The molecule has 0 bridgehead atoms. The Morgan fingerprint density at radius 2 is 2.00 bits per heavy atom. The number of methoxy groups -OCH3 is 1. The molecule has 3 aromatic rings. The number of nitrogens with one attached hydrogen (secondary N) is 1. The number of hydrogen-bond donors (Lipinski definition) is 3. The molecule has 1 aromatic carbocycles. The summed E-state index contributed by atoms with van der Waals surface area (Å²) in [5.74, 6) is -1.26. The Balaban J connectivity index is 1.91. The van der Waals surface area contributed by atoms with Crippen molar-refractivity contribution >= 4 is 22.8 Å². The Labute approximate surface area is 167 Å². The van der Waals surface area contributed by atoms with Gasteiger partial charge in [0.15, 0.2) is 0 Å². The van der Waals surface area contributed by atoms with Crippen molar-refractivity contribution in [3.8, 4) is 22.8 Å². The van der Waals surface area contributed by atoms with Gasteiger partial charge in [-0.2, -0.15) is 0 Å². The van der Waals surface area contributed by atoms with Gasteiger partial charge in [0, 0.05) is 36.8 Å². The molecule has 0 saturated heterocycles. The van der Waals surface area contributed by atoms with E-state index < -0.39 is 17.3 Å². The number of carbonyl (C=O) groups is 2. The molecule has 1 amide bonds. The van der Waals surface area contributed by atoms with Crippen molar-refractivity contribution in [2.45, 2.75) is 13.8 Å². The van der Waals surface area contributed by atoms with E-state index in [1.807, 2.05) is 23.9 Å². The van der Waals surface area contributed by atoms with E-state index in [9.17, 15) is 14.7 Å². The molecular formula is C21H23N3O5. The Morgan fingerprint density at radius 1 is 1.28 bits per heavy atom. The summed E-state index contributed by atoms with van der Waals surface area (Å²) in [5, 5.41) is 23.0. The Kier molecular flexibility index (Phi) is 5.19. The molecule has 0 unspecified atom stereocenters. The predicted molar refractivity (Wildman–Crippen MR) is 108 cm³/mol. The van der Waals surface area contributed by atoms with Crippen LogP contribution in [0.2, 0.25) is 0 Å². The Hall–Kier alpha value is -3.55. The van der Waals surface area contributed by atoms with E-state index >= 15 is 0 Å². The maximum absolute atomic E-state index is 12.4. The van der Waals surface area contributed by atoms with Crippen LogP contribution in [-0.2, 0) is 11.8 Å². The van der Waals surface area contributed by atoms with E-state index in [2.05, 4.69) is 10.3 Å². The molecule has 0 atom stereocenters. The minimum absolute atomic E-state index is 0.0571. The standard InChI is InChI=1S/C21H23N3O5/c1-21(2,20(27)28)11-23-19(26)13-6-5-12(7-17(13)25)15-10-24(3)16-9-22-18(29-4)8-14(15)16/h5-10,25H,11H2,1-4H3,(H,23,26)(H,27,28). The molecule has 0 spiro atoms. The molecule has 2 heterocycles. The molecule has 3 rings (SSSR count). The fraction of sp³-hybridized carbons (Fsp3) is 0.286. The number of phenols is 1. The fourth-order valence-electron chi connectivity index (χ4n) is 2.96. The second-order valence-electron chi connectivity index (χ2n) is 7.50. The zero-order valence-electron chi connectivity index (χ0n) is 16.7. The van der Waals surface area contributed by atoms with Gasteiger partial charge in [-0.1, -0.05) is 6.07 Å². The normalized spacial score (nSPS) is 11.4. The molecule has 0 aliphatic heterocycles. The van der Waals surface area contributed by atoms with E-state index in [1.54, 1.807) is 19.4 Å². The lowest BCUT2D eigenvalue weighted by Crippen LogP contribution is -2.38. The van der Waals surface area contributed by atoms with Crippen molar-refractivity contribution in [2.75, 3.05) is 13.7 Å². The highest BCUT2D eigenvalue weighted by Crippen LogP contribution is 2.34. The summed E-state index contributed by atoms with van der Waals surface area (Å²) >= 11 is 0. The molecule has 0 saturated carbocycles. The van der Waals surface area contributed by atoms with Crippen molar-refractivity contribution < 1.29 is 24.5 Å². The van der Waals surface area contributed by atoms with Gasteiger partial charge in [0.1, 0.15) is 5.75 Å². The number of aryl methyl sites for hydroxylation is 1. The van der Waals surface area contributed by atoms with Gasteiger partial charge in [-0.25, -0.2) is 4.98 Å². The van der Waals surface area contributed by atoms with E-state index in [0.717, 1.165) is 22.0 Å². The lowest BCUT2D eigenvalue weighted by Gasteiger charge is -2.19. The second kappa shape index (κ2) is 7.46. The number of pyridine rings is 1. The number of carboxylic acids is 1. The maximum Gasteiger partial charge on any atom is 0.310 e.